The highest BCUT2D eigenvalue weighted by Gasteiger charge is 2.19. The first-order chi connectivity index (χ1) is 11.9. The Kier molecular flexibility index (Phi) is 5.04. The molecule has 130 valence electrons. The van der Waals surface area contributed by atoms with Crippen LogP contribution in [0.15, 0.2) is 60.7 Å². The van der Waals surface area contributed by atoms with E-state index >= 15 is 0 Å². The minimum atomic E-state index is -3.12. The van der Waals surface area contributed by atoms with Crippen molar-refractivity contribution in [2.75, 3.05) is 19.3 Å². The maximum Gasteiger partial charge on any atom is 0.254 e. The summed E-state index contributed by atoms with van der Waals surface area (Å²) in [5, 5.41) is 0. The zero-order chi connectivity index (χ0) is 17.9. The van der Waals surface area contributed by atoms with Crippen molar-refractivity contribution in [2.24, 2.45) is 0 Å². The van der Waals surface area contributed by atoms with Crippen LogP contribution in [0.5, 0.6) is 0 Å². The fourth-order valence-electron chi connectivity index (χ4n) is 3.05. The molecule has 0 aliphatic carbocycles. The van der Waals surface area contributed by atoms with E-state index in [2.05, 4.69) is 18.2 Å². The van der Waals surface area contributed by atoms with Gasteiger partial charge in [0, 0.05) is 24.9 Å². The van der Waals surface area contributed by atoms with Crippen molar-refractivity contribution in [3.05, 3.63) is 77.4 Å². The minimum Gasteiger partial charge on any atom is -0.335 e. The molecule has 4 nitrogen and oxygen atoms in total. The van der Waals surface area contributed by atoms with Crippen molar-refractivity contribution < 1.29 is 13.2 Å². The Balaban J connectivity index is 1.73. The van der Waals surface area contributed by atoms with Crippen molar-refractivity contribution in [3.63, 3.8) is 0 Å². The summed E-state index contributed by atoms with van der Waals surface area (Å²) in [5.41, 5.74) is 3.64. The molecular weight excluding hydrogens is 334 g/mol. The molecule has 0 spiro atoms. The second kappa shape index (κ2) is 7.23. The predicted octanol–water partition coefficient (Wildman–Crippen LogP) is 3.16. The molecule has 0 atom stereocenters. The van der Waals surface area contributed by atoms with Crippen LogP contribution in [0.3, 0.4) is 0 Å². The number of sulfone groups is 1. The molecule has 3 rings (SSSR count). The van der Waals surface area contributed by atoms with Crippen LogP contribution in [-0.2, 0) is 15.6 Å². The van der Waals surface area contributed by atoms with E-state index in [1.165, 1.54) is 17.4 Å². The van der Waals surface area contributed by atoms with Gasteiger partial charge in [-0.15, -0.1) is 0 Å². The molecule has 0 saturated carbocycles. The van der Waals surface area contributed by atoms with Crippen molar-refractivity contribution in [2.45, 2.75) is 12.2 Å². The zero-order valence-corrected chi connectivity index (χ0v) is 15.0. The van der Waals surface area contributed by atoms with Gasteiger partial charge in [0.1, 0.15) is 0 Å². The fraction of sp³-hybridized carbons (Fsp3) is 0.250. The molecule has 5 heteroatoms. The lowest BCUT2D eigenvalue weighted by Gasteiger charge is -2.27. The molecule has 0 N–H and O–H groups in total. The molecule has 1 aliphatic rings. The van der Waals surface area contributed by atoms with E-state index in [-0.39, 0.29) is 11.7 Å². The highest BCUT2D eigenvalue weighted by Crippen LogP contribution is 2.23. The number of hydrogen-bond donors (Lipinski definition) is 0. The highest BCUT2D eigenvalue weighted by atomic mass is 32.2. The number of hydrogen-bond acceptors (Lipinski definition) is 3. The van der Waals surface area contributed by atoms with Crippen LogP contribution in [0.25, 0.3) is 5.57 Å². The number of carbonyl (C=O) groups is 1. The van der Waals surface area contributed by atoms with E-state index in [1.54, 1.807) is 29.2 Å². The van der Waals surface area contributed by atoms with E-state index < -0.39 is 9.84 Å². The Morgan fingerprint density at radius 2 is 1.84 bits per heavy atom. The fourth-order valence-corrected chi connectivity index (χ4v) is 3.83. The van der Waals surface area contributed by atoms with Gasteiger partial charge in [-0.2, -0.15) is 0 Å². The van der Waals surface area contributed by atoms with Crippen molar-refractivity contribution >= 4 is 21.3 Å². The molecule has 1 amide bonds. The second-order valence-corrected chi connectivity index (χ2v) is 8.51. The first-order valence-corrected chi connectivity index (χ1v) is 10.3. The van der Waals surface area contributed by atoms with Crippen molar-refractivity contribution in [1.29, 1.82) is 0 Å². The Morgan fingerprint density at radius 3 is 2.48 bits per heavy atom. The third-order valence-corrected chi connectivity index (χ3v) is 5.10. The summed E-state index contributed by atoms with van der Waals surface area (Å²) < 4.78 is 22.9. The molecule has 0 fully saturated rings. The lowest BCUT2D eigenvalue weighted by Crippen LogP contribution is -2.34. The Bertz CT molecular complexity index is 902. The largest absolute Gasteiger partial charge is 0.335 e. The average Bonchev–Trinajstić information content (AvgIpc) is 2.61. The minimum absolute atomic E-state index is 0.0494. The monoisotopic (exact) mass is 355 g/mol. The van der Waals surface area contributed by atoms with Gasteiger partial charge in [-0.25, -0.2) is 8.42 Å². The molecule has 0 aromatic heterocycles. The number of rotatable bonds is 4. The summed E-state index contributed by atoms with van der Waals surface area (Å²) in [6, 6.07) is 17.1. The third kappa shape index (κ3) is 4.57. The molecule has 0 radical (unpaired) electrons. The second-order valence-electron chi connectivity index (χ2n) is 6.37. The topological polar surface area (TPSA) is 54.5 Å². The summed E-state index contributed by atoms with van der Waals surface area (Å²) in [5.74, 6) is -0.106. The van der Waals surface area contributed by atoms with E-state index in [0.29, 0.717) is 24.2 Å². The molecule has 0 saturated heterocycles. The van der Waals surface area contributed by atoms with E-state index in [9.17, 15) is 13.2 Å². The maximum atomic E-state index is 12.7. The lowest BCUT2D eigenvalue weighted by atomic mass is 9.99. The summed E-state index contributed by atoms with van der Waals surface area (Å²) in [4.78, 5) is 14.5. The van der Waals surface area contributed by atoms with Crippen LogP contribution in [-0.4, -0.2) is 38.6 Å². The number of amides is 1. The molecule has 2 aromatic rings. The molecule has 0 bridgehead atoms. The lowest BCUT2D eigenvalue weighted by molar-refractivity contribution is 0.0772. The van der Waals surface area contributed by atoms with Crippen LogP contribution >= 0.6 is 0 Å². The Labute approximate surface area is 148 Å². The van der Waals surface area contributed by atoms with Crippen molar-refractivity contribution in [1.82, 2.24) is 4.90 Å². The molecule has 1 aliphatic heterocycles. The molecule has 1 heterocycles. The first-order valence-electron chi connectivity index (χ1n) is 8.23. The SMILES string of the molecule is CS(=O)(=O)Cc1cccc(C(=O)N2CC=C(c3ccccc3)CC2)c1. The summed E-state index contributed by atoms with van der Waals surface area (Å²) >= 11 is 0. The predicted molar refractivity (Wildman–Crippen MR) is 99.9 cm³/mol. The number of carbonyl (C=O) groups excluding carboxylic acids is 1. The van der Waals surface area contributed by atoms with Crippen LogP contribution in [0.4, 0.5) is 0 Å². The van der Waals surface area contributed by atoms with Crippen molar-refractivity contribution in [3.8, 4) is 0 Å². The highest BCUT2D eigenvalue weighted by molar-refractivity contribution is 7.89. The zero-order valence-electron chi connectivity index (χ0n) is 14.2. The van der Waals surface area contributed by atoms with E-state index in [4.69, 9.17) is 0 Å². The van der Waals surface area contributed by atoms with Crippen LogP contribution in [0, 0.1) is 0 Å². The summed E-state index contributed by atoms with van der Waals surface area (Å²) in [6.07, 6.45) is 4.11. The van der Waals surface area contributed by atoms with E-state index in [1.807, 2.05) is 18.2 Å². The Hall–Kier alpha value is -2.40. The van der Waals surface area contributed by atoms with Crippen LogP contribution in [0.1, 0.15) is 27.9 Å². The third-order valence-electron chi connectivity index (χ3n) is 4.24. The quantitative estimate of drug-likeness (QED) is 0.846. The van der Waals surface area contributed by atoms with Gasteiger partial charge >= 0.3 is 0 Å². The first kappa shape index (κ1) is 17.4. The molecular formula is C20H21NO3S. The number of benzene rings is 2. The summed E-state index contributed by atoms with van der Waals surface area (Å²) in [6.45, 7) is 1.23. The Morgan fingerprint density at radius 1 is 1.08 bits per heavy atom. The standard InChI is InChI=1S/C20H21NO3S/c1-25(23,24)15-16-6-5-9-19(14-16)20(22)21-12-10-18(11-13-21)17-7-3-2-4-8-17/h2-10,14H,11-13,15H2,1H3. The van der Waals surface area contributed by atoms with Gasteiger partial charge in [0.15, 0.2) is 9.84 Å². The normalized spacial score (nSPS) is 14.9. The van der Waals surface area contributed by atoms with E-state index in [0.717, 1.165) is 6.42 Å². The molecule has 2 aromatic carbocycles. The summed E-state index contributed by atoms with van der Waals surface area (Å²) in [7, 11) is -3.12. The average molecular weight is 355 g/mol. The van der Waals surface area contributed by atoms with Gasteiger partial charge in [0.05, 0.1) is 5.75 Å². The maximum absolute atomic E-state index is 12.7. The van der Waals surface area contributed by atoms with Gasteiger partial charge < -0.3 is 4.90 Å². The van der Waals surface area contributed by atoms with Crippen LogP contribution in [0.2, 0.25) is 0 Å². The molecule has 0 unspecified atom stereocenters. The van der Waals surface area contributed by atoms with Gasteiger partial charge in [-0.05, 0) is 35.3 Å². The number of nitrogens with zero attached hydrogens (tertiary/aromatic N) is 1. The van der Waals surface area contributed by atoms with Gasteiger partial charge in [-0.1, -0.05) is 48.5 Å². The van der Waals surface area contributed by atoms with Crippen LogP contribution < -0.4 is 0 Å². The molecule has 25 heavy (non-hydrogen) atoms. The van der Waals surface area contributed by atoms with Gasteiger partial charge in [0.2, 0.25) is 0 Å². The smallest absolute Gasteiger partial charge is 0.254 e. The van der Waals surface area contributed by atoms with Gasteiger partial charge in [0.25, 0.3) is 5.91 Å². The van der Waals surface area contributed by atoms with Gasteiger partial charge in [-0.3, -0.25) is 4.79 Å².